The van der Waals surface area contributed by atoms with E-state index in [9.17, 15) is 4.79 Å². The zero-order valence-electron chi connectivity index (χ0n) is 6.90. The molecule has 1 aromatic carbocycles. The maximum Gasteiger partial charge on any atom is 0.303 e. The molecule has 0 heterocycles. The molecule has 1 aromatic rings. The van der Waals surface area contributed by atoms with Gasteiger partial charge in [0.15, 0.2) is 0 Å². The fourth-order valence-corrected chi connectivity index (χ4v) is 1.05. The third-order valence-corrected chi connectivity index (χ3v) is 1.59. The van der Waals surface area contributed by atoms with Crippen molar-refractivity contribution in [1.29, 1.82) is 0 Å². The fraction of sp³-hybridized carbons (Fsp3) is 0.222. The Kier molecular flexibility index (Phi) is 2.74. The number of phenols is 2. The zero-order valence-corrected chi connectivity index (χ0v) is 6.90. The van der Waals surface area contributed by atoms with Crippen LogP contribution in [-0.2, 0) is 11.2 Å². The lowest BCUT2D eigenvalue weighted by Crippen LogP contribution is -1.97. The van der Waals surface area contributed by atoms with Crippen LogP contribution in [0.5, 0.6) is 11.5 Å². The van der Waals surface area contributed by atoms with E-state index >= 15 is 0 Å². The number of aromatic hydroxyl groups is 2. The molecule has 70 valence electrons. The first-order valence-corrected chi connectivity index (χ1v) is 3.81. The van der Waals surface area contributed by atoms with E-state index in [1.165, 1.54) is 18.2 Å². The predicted molar refractivity (Wildman–Crippen MR) is 45.7 cm³/mol. The summed E-state index contributed by atoms with van der Waals surface area (Å²) in [6.45, 7) is 0. The SMILES string of the molecule is O=[13C](O)[13CH2][13CH2]c1cc(O)cc(O)c1. The quantitative estimate of drug-likeness (QED) is 0.616. The van der Waals surface area contributed by atoms with Crippen LogP contribution in [0.1, 0.15) is 12.0 Å². The van der Waals surface area contributed by atoms with Crippen LogP contribution in [0.4, 0.5) is 0 Å². The van der Waals surface area contributed by atoms with Gasteiger partial charge in [-0.3, -0.25) is 4.79 Å². The van der Waals surface area contributed by atoms with Gasteiger partial charge in [0.25, 0.3) is 0 Å². The summed E-state index contributed by atoms with van der Waals surface area (Å²) in [5.41, 5.74) is 0.611. The molecule has 0 aromatic heterocycles. The molecule has 13 heavy (non-hydrogen) atoms. The minimum Gasteiger partial charge on any atom is -0.508 e. The Balaban J connectivity index is 2.71. The molecular weight excluding hydrogens is 175 g/mol. The first-order chi connectivity index (χ1) is 6.08. The van der Waals surface area contributed by atoms with Crippen LogP contribution in [-0.4, -0.2) is 21.3 Å². The van der Waals surface area contributed by atoms with Crippen LogP contribution in [0.15, 0.2) is 18.2 Å². The van der Waals surface area contributed by atoms with Crippen LogP contribution in [0, 0.1) is 0 Å². The van der Waals surface area contributed by atoms with E-state index in [1.807, 2.05) is 0 Å². The zero-order chi connectivity index (χ0) is 9.84. The van der Waals surface area contributed by atoms with Crippen LogP contribution in [0.3, 0.4) is 0 Å². The van der Waals surface area contributed by atoms with Crippen molar-refractivity contribution < 1.29 is 20.1 Å². The number of phenolic OH excluding ortho intramolecular Hbond substituents is 2. The molecule has 1 rings (SSSR count). The number of carboxylic acid groups (broad SMARTS) is 1. The molecule has 0 bridgehead atoms. The van der Waals surface area contributed by atoms with Gasteiger partial charge in [0.1, 0.15) is 11.5 Å². The second-order valence-electron chi connectivity index (χ2n) is 2.75. The van der Waals surface area contributed by atoms with E-state index in [-0.39, 0.29) is 17.9 Å². The second kappa shape index (κ2) is 3.80. The molecule has 0 radical (unpaired) electrons. The van der Waals surface area contributed by atoms with Crippen molar-refractivity contribution >= 4 is 5.97 Å². The maximum atomic E-state index is 10.2. The van der Waals surface area contributed by atoms with Gasteiger partial charge in [0, 0.05) is 12.5 Å². The monoisotopic (exact) mass is 185 g/mol. The predicted octanol–water partition coefficient (Wildman–Crippen LogP) is 1.11. The molecule has 0 spiro atoms. The highest BCUT2D eigenvalue weighted by atomic mass is 16.5. The fourth-order valence-electron chi connectivity index (χ4n) is 1.05. The van der Waals surface area contributed by atoms with E-state index in [4.69, 9.17) is 15.3 Å². The summed E-state index contributed by atoms with van der Waals surface area (Å²) in [5, 5.41) is 26.5. The van der Waals surface area contributed by atoms with Crippen molar-refractivity contribution in [3.05, 3.63) is 23.8 Å². The van der Waals surface area contributed by atoms with Crippen molar-refractivity contribution in [3.63, 3.8) is 0 Å². The lowest BCUT2D eigenvalue weighted by atomic mass is 10.2. The summed E-state index contributed by atoms with van der Waals surface area (Å²) >= 11 is 0. The van der Waals surface area contributed by atoms with E-state index in [1.54, 1.807) is 0 Å². The first-order valence-electron chi connectivity index (χ1n) is 3.81. The normalized spacial score (nSPS) is 9.85. The number of aryl methyl sites for hydroxylation is 1. The largest absolute Gasteiger partial charge is 0.508 e. The van der Waals surface area contributed by atoms with Crippen molar-refractivity contribution in [2.75, 3.05) is 0 Å². The molecule has 0 saturated carbocycles. The molecule has 0 aliphatic rings. The van der Waals surface area contributed by atoms with Crippen LogP contribution < -0.4 is 0 Å². The number of hydrogen-bond acceptors (Lipinski definition) is 3. The van der Waals surface area contributed by atoms with E-state index in [2.05, 4.69) is 0 Å². The van der Waals surface area contributed by atoms with Crippen LogP contribution in [0.25, 0.3) is 0 Å². The van der Waals surface area contributed by atoms with Gasteiger partial charge in [-0.15, -0.1) is 0 Å². The van der Waals surface area contributed by atoms with Gasteiger partial charge in [0.05, 0.1) is 0 Å². The van der Waals surface area contributed by atoms with Gasteiger partial charge in [-0.1, -0.05) is 0 Å². The molecule has 0 saturated heterocycles. The van der Waals surface area contributed by atoms with E-state index < -0.39 is 5.97 Å². The van der Waals surface area contributed by atoms with Gasteiger partial charge in [-0.25, -0.2) is 0 Å². The second-order valence-corrected chi connectivity index (χ2v) is 2.75. The van der Waals surface area contributed by atoms with E-state index in [0.717, 1.165) is 0 Å². The summed E-state index contributed by atoms with van der Waals surface area (Å²) in [4.78, 5) is 10.2. The Bertz CT molecular complexity index is 299. The Morgan fingerprint density at radius 3 is 2.15 bits per heavy atom. The molecule has 4 nitrogen and oxygen atoms in total. The number of rotatable bonds is 3. The van der Waals surface area contributed by atoms with Gasteiger partial charge < -0.3 is 15.3 Å². The molecule has 0 fully saturated rings. The Morgan fingerprint density at radius 1 is 1.15 bits per heavy atom. The highest BCUT2D eigenvalue weighted by molar-refractivity contribution is 5.67. The number of benzene rings is 1. The van der Waals surface area contributed by atoms with E-state index in [0.29, 0.717) is 12.0 Å². The molecular formula is C9H10O4. The average Bonchev–Trinajstić information content (AvgIpc) is 1.99. The molecule has 0 aliphatic heterocycles. The van der Waals surface area contributed by atoms with Crippen LogP contribution >= 0.6 is 0 Å². The van der Waals surface area contributed by atoms with Crippen molar-refractivity contribution in [3.8, 4) is 11.5 Å². The van der Waals surface area contributed by atoms with Gasteiger partial charge in [-0.2, -0.15) is 0 Å². The third kappa shape index (κ3) is 3.02. The number of aliphatic carboxylic acids is 1. The summed E-state index contributed by atoms with van der Waals surface area (Å²) in [7, 11) is 0. The highest BCUT2D eigenvalue weighted by Crippen LogP contribution is 2.21. The summed E-state index contributed by atoms with van der Waals surface area (Å²) in [5.74, 6) is -1.01. The summed E-state index contributed by atoms with van der Waals surface area (Å²) in [6, 6.07) is 4.07. The number of carbonyl (C=O) groups is 1. The molecule has 0 unspecified atom stereocenters. The maximum absolute atomic E-state index is 10.2. The van der Waals surface area contributed by atoms with Gasteiger partial charge in [0.2, 0.25) is 0 Å². The van der Waals surface area contributed by atoms with Crippen molar-refractivity contribution in [2.24, 2.45) is 0 Å². The average molecular weight is 185 g/mol. The summed E-state index contributed by atoms with van der Waals surface area (Å²) < 4.78 is 0. The molecule has 0 aliphatic carbocycles. The van der Waals surface area contributed by atoms with Crippen molar-refractivity contribution in [1.82, 2.24) is 0 Å². The highest BCUT2D eigenvalue weighted by Gasteiger charge is 2.02. The molecule has 0 amide bonds. The summed E-state index contributed by atoms with van der Waals surface area (Å²) in [6.07, 6.45) is 0.292. The number of carboxylic acids is 1. The topological polar surface area (TPSA) is 77.8 Å². The molecule has 4 heteroatoms. The Labute approximate surface area is 75.1 Å². The van der Waals surface area contributed by atoms with Crippen molar-refractivity contribution in [2.45, 2.75) is 12.8 Å². The van der Waals surface area contributed by atoms with Gasteiger partial charge in [-0.05, 0) is 24.1 Å². The molecule has 0 atom stereocenters. The van der Waals surface area contributed by atoms with Crippen LogP contribution in [0.2, 0.25) is 0 Å². The third-order valence-electron chi connectivity index (χ3n) is 1.59. The minimum atomic E-state index is -0.900. The first kappa shape index (κ1) is 9.38. The lowest BCUT2D eigenvalue weighted by molar-refractivity contribution is -0.136. The lowest BCUT2D eigenvalue weighted by Gasteiger charge is -2.00. The standard InChI is InChI=1S/C9H10O4/c10-7-3-6(1-2-9(12)13)4-8(11)5-7/h3-5,10-11H,1-2H2,(H,12,13)/i1+1,2+1,9+1. The smallest absolute Gasteiger partial charge is 0.303 e. The minimum absolute atomic E-state index is 0.0110. The Hall–Kier alpha value is -1.71. The molecule has 3 N–H and O–H groups in total. The number of hydrogen-bond donors (Lipinski definition) is 3. The van der Waals surface area contributed by atoms with Gasteiger partial charge >= 0.3 is 5.97 Å². The Morgan fingerprint density at radius 2 is 1.69 bits per heavy atom.